The predicted molar refractivity (Wildman–Crippen MR) is 76.1 cm³/mol. The van der Waals surface area contributed by atoms with Gasteiger partial charge in [0.15, 0.2) is 0 Å². The third-order valence-electron chi connectivity index (χ3n) is 4.18. The maximum atomic E-state index is 12.7. The first-order chi connectivity index (χ1) is 10.0. The topological polar surface area (TPSA) is 74.9 Å². The van der Waals surface area contributed by atoms with Crippen molar-refractivity contribution in [1.82, 2.24) is 14.3 Å². The van der Waals surface area contributed by atoms with Gasteiger partial charge in [-0.15, -0.1) is 0 Å². The summed E-state index contributed by atoms with van der Waals surface area (Å²) in [5.41, 5.74) is -0.184. The Bertz CT molecular complexity index is 676. The number of pyridine rings is 1. The fraction of sp³-hybridized carbons (Fsp3) is 0.400. The van der Waals surface area contributed by atoms with Gasteiger partial charge in [-0.2, -0.15) is 0 Å². The Kier molecular flexibility index (Phi) is 3.16. The molecule has 6 heteroatoms. The maximum Gasteiger partial charge on any atom is 0.329 e. The van der Waals surface area contributed by atoms with E-state index in [0.29, 0.717) is 18.6 Å². The molecule has 1 saturated heterocycles. The number of piperidine rings is 1. The van der Waals surface area contributed by atoms with Crippen LogP contribution >= 0.6 is 0 Å². The molecular weight excluding hydrogens is 270 g/mol. The molecule has 1 N–H and O–H groups in total. The Hall–Kier alpha value is -2.37. The quantitative estimate of drug-likeness (QED) is 0.914. The number of aliphatic carboxylic acids is 1. The van der Waals surface area contributed by atoms with Crippen molar-refractivity contribution in [2.45, 2.75) is 31.7 Å². The second kappa shape index (κ2) is 4.87. The van der Waals surface area contributed by atoms with E-state index in [1.807, 2.05) is 24.4 Å². The summed E-state index contributed by atoms with van der Waals surface area (Å²) in [5, 5.41) is 9.48. The Morgan fingerprint density at radius 2 is 2.14 bits per heavy atom. The smallest absolute Gasteiger partial charge is 0.329 e. The third kappa shape index (κ3) is 2.16. The van der Waals surface area contributed by atoms with Crippen LogP contribution in [-0.2, 0) is 4.79 Å². The van der Waals surface area contributed by atoms with E-state index in [2.05, 4.69) is 4.98 Å². The lowest BCUT2D eigenvalue weighted by atomic mass is 9.88. The monoisotopic (exact) mass is 287 g/mol. The standard InChI is InChI=1S/C15H17N3O3/c1-15(14(20)21)7-3-5-9-18(15)13(19)11-10-17-8-4-2-6-12(17)16-11/h2,4,6,8,10H,3,5,7,9H2,1H3,(H,20,21). The van der Waals surface area contributed by atoms with Crippen molar-refractivity contribution in [3.63, 3.8) is 0 Å². The average Bonchev–Trinajstić information content (AvgIpc) is 2.91. The fourth-order valence-electron chi connectivity index (χ4n) is 2.84. The highest BCUT2D eigenvalue weighted by atomic mass is 16.4. The van der Waals surface area contributed by atoms with Gasteiger partial charge in [0.1, 0.15) is 16.9 Å². The van der Waals surface area contributed by atoms with E-state index >= 15 is 0 Å². The Labute approximate surface area is 122 Å². The van der Waals surface area contributed by atoms with Gasteiger partial charge in [-0.1, -0.05) is 6.07 Å². The molecule has 2 aromatic rings. The number of aromatic nitrogens is 2. The van der Waals surface area contributed by atoms with E-state index in [1.54, 1.807) is 17.5 Å². The van der Waals surface area contributed by atoms with Gasteiger partial charge in [0.25, 0.3) is 5.91 Å². The lowest BCUT2D eigenvalue weighted by Crippen LogP contribution is -2.57. The summed E-state index contributed by atoms with van der Waals surface area (Å²) in [4.78, 5) is 30.0. The van der Waals surface area contributed by atoms with Gasteiger partial charge in [0.05, 0.1) is 0 Å². The molecule has 2 aromatic heterocycles. The van der Waals surface area contributed by atoms with Gasteiger partial charge in [-0.25, -0.2) is 9.78 Å². The highest BCUT2D eigenvalue weighted by molar-refractivity contribution is 5.96. The Balaban J connectivity index is 1.97. The summed E-state index contributed by atoms with van der Waals surface area (Å²) in [6.45, 7) is 2.07. The second-order valence-electron chi connectivity index (χ2n) is 5.59. The van der Waals surface area contributed by atoms with E-state index in [9.17, 15) is 14.7 Å². The molecule has 1 aliphatic rings. The number of rotatable bonds is 2. The van der Waals surface area contributed by atoms with Gasteiger partial charge in [0.2, 0.25) is 0 Å². The van der Waals surface area contributed by atoms with Crippen molar-refractivity contribution in [3.8, 4) is 0 Å². The van der Waals surface area contributed by atoms with Crippen LogP contribution in [0.15, 0.2) is 30.6 Å². The van der Waals surface area contributed by atoms with Crippen LogP contribution in [0, 0.1) is 0 Å². The highest BCUT2D eigenvalue weighted by Gasteiger charge is 2.44. The Morgan fingerprint density at radius 1 is 1.33 bits per heavy atom. The summed E-state index contributed by atoms with van der Waals surface area (Å²) >= 11 is 0. The third-order valence-corrected chi connectivity index (χ3v) is 4.18. The molecule has 3 heterocycles. The van der Waals surface area contributed by atoms with Crippen LogP contribution in [-0.4, -0.2) is 43.4 Å². The van der Waals surface area contributed by atoms with Crippen molar-refractivity contribution in [2.24, 2.45) is 0 Å². The summed E-state index contributed by atoms with van der Waals surface area (Å²) in [5.74, 6) is -1.28. The van der Waals surface area contributed by atoms with Gasteiger partial charge < -0.3 is 14.4 Å². The minimum atomic E-state index is -1.15. The van der Waals surface area contributed by atoms with E-state index in [-0.39, 0.29) is 11.6 Å². The normalized spacial score (nSPS) is 22.4. The molecule has 0 radical (unpaired) electrons. The van der Waals surface area contributed by atoms with E-state index in [4.69, 9.17) is 0 Å². The number of hydrogen-bond donors (Lipinski definition) is 1. The van der Waals surface area contributed by atoms with Crippen LogP contribution in [0.25, 0.3) is 5.65 Å². The number of nitrogens with zero attached hydrogens (tertiary/aromatic N) is 3. The Morgan fingerprint density at radius 3 is 2.86 bits per heavy atom. The first kappa shape index (κ1) is 13.6. The number of carbonyl (C=O) groups is 2. The molecular formula is C15H17N3O3. The molecule has 0 aliphatic carbocycles. The number of amides is 1. The molecule has 21 heavy (non-hydrogen) atoms. The zero-order valence-corrected chi connectivity index (χ0v) is 11.8. The number of hydrogen-bond acceptors (Lipinski definition) is 3. The van der Waals surface area contributed by atoms with Crippen LogP contribution in [0.2, 0.25) is 0 Å². The minimum Gasteiger partial charge on any atom is -0.480 e. The summed E-state index contributed by atoms with van der Waals surface area (Å²) in [6.07, 6.45) is 5.57. The molecule has 0 spiro atoms. The van der Waals surface area contributed by atoms with E-state index < -0.39 is 11.5 Å². The number of carboxylic acid groups (broad SMARTS) is 1. The molecule has 1 aliphatic heterocycles. The number of carbonyl (C=O) groups excluding carboxylic acids is 1. The maximum absolute atomic E-state index is 12.7. The summed E-state index contributed by atoms with van der Waals surface area (Å²) < 4.78 is 1.76. The molecule has 1 fully saturated rings. The van der Waals surface area contributed by atoms with Gasteiger partial charge >= 0.3 is 5.97 Å². The average molecular weight is 287 g/mol. The predicted octanol–water partition coefficient (Wildman–Crippen LogP) is 1.80. The molecule has 0 bridgehead atoms. The molecule has 1 amide bonds. The van der Waals surface area contributed by atoms with Crippen molar-refractivity contribution in [3.05, 3.63) is 36.3 Å². The zero-order chi connectivity index (χ0) is 15.0. The van der Waals surface area contributed by atoms with E-state index in [0.717, 1.165) is 12.8 Å². The molecule has 0 aromatic carbocycles. The van der Waals surface area contributed by atoms with Crippen molar-refractivity contribution in [1.29, 1.82) is 0 Å². The highest BCUT2D eigenvalue weighted by Crippen LogP contribution is 2.29. The molecule has 110 valence electrons. The molecule has 6 nitrogen and oxygen atoms in total. The van der Waals surface area contributed by atoms with Crippen molar-refractivity contribution in [2.75, 3.05) is 6.54 Å². The van der Waals surface area contributed by atoms with Crippen LogP contribution in [0.4, 0.5) is 0 Å². The number of imidazole rings is 1. The first-order valence-corrected chi connectivity index (χ1v) is 7.01. The summed E-state index contributed by atoms with van der Waals surface area (Å²) in [7, 11) is 0. The van der Waals surface area contributed by atoms with Gasteiger partial charge in [-0.05, 0) is 38.3 Å². The molecule has 1 unspecified atom stereocenters. The molecule has 0 saturated carbocycles. The molecule has 3 rings (SSSR count). The zero-order valence-electron chi connectivity index (χ0n) is 11.8. The number of fused-ring (bicyclic) bond motifs is 1. The van der Waals surface area contributed by atoms with Crippen LogP contribution in [0.5, 0.6) is 0 Å². The second-order valence-corrected chi connectivity index (χ2v) is 5.59. The van der Waals surface area contributed by atoms with Crippen LogP contribution in [0.3, 0.4) is 0 Å². The van der Waals surface area contributed by atoms with E-state index in [1.165, 1.54) is 4.90 Å². The lowest BCUT2D eigenvalue weighted by Gasteiger charge is -2.41. The van der Waals surface area contributed by atoms with Crippen LogP contribution in [0.1, 0.15) is 36.7 Å². The lowest BCUT2D eigenvalue weighted by molar-refractivity contribution is -0.150. The van der Waals surface area contributed by atoms with Crippen molar-refractivity contribution < 1.29 is 14.7 Å². The number of likely N-dealkylation sites (tertiary alicyclic amines) is 1. The largest absolute Gasteiger partial charge is 0.480 e. The minimum absolute atomic E-state index is 0.288. The molecule has 1 atom stereocenters. The van der Waals surface area contributed by atoms with Gasteiger partial charge in [0, 0.05) is 18.9 Å². The first-order valence-electron chi connectivity index (χ1n) is 7.01. The van der Waals surface area contributed by atoms with Crippen molar-refractivity contribution >= 4 is 17.5 Å². The number of carboxylic acids is 1. The van der Waals surface area contributed by atoms with Gasteiger partial charge in [-0.3, -0.25) is 4.79 Å². The SMILES string of the molecule is CC1(C(=O)O)CCCCN1C(=O)c1cn2ccccc2n1. The summed E-state index contributed by atoms with van der Waals surface area (Å²) in [6, 6.07) is 5.51. The van der Waals surface area contributed by atoms with Crippen LogP contribution < -0.4 is 0 Å². The fourth-order valence-corrected chi connectivity index (χ4v) is 2.84.